The SMILES string of the molecule is Cc1[nH]nc(C(=O)O)c1S(=O)(=O)N(C)CCC#N. The van der Waals surface area contributed by atoms with E-state index in [1.807, 2.05) is 6.07 Å². The lowest BCUT2D eigenvalue weighted by atomic mass is 10.4. The Balaban J connectivity index is 3.25. The molecule has 1 rings (SSSR count). The minimum atomic E-state index is -3.97. The summed E-state index contributed by atoms with van der Waals surface area (Å²) in [5.74, 6) is -1.42. The molecule has 0 spiro atoms. The molecule has 1 heterocycles. The average molecular weight is 272 g/mol. The lowest BCUT2D eigenvalue weighted by Crippen LogP contribution is -2.29. The van der Waals surface area contributed by atoms with E-state index in [1.54, 1.807) is 0 Å². The summed E-state index contributed by atoms with van der Waals surface area (Å²) >= 11 is 0. The zero-order chi connectivity index (χ0) is 13.9. The van der Waals surface area contributed by atoms with E-state index in [2.05, 4.69) is 10.2 Å². The minimum absolute atomic E-state index is 0.0114. The maximum atomic E-state index is 12.1. The first-order valence-electron chi connectivity index (χ1n) is 4.94. The van der Waals surface area contributed by atoms with Crippen LogP contribution in [0.5, 0.6) is 0 Å². The molecule has 18 heavy (non-hydrogen) atoms. The number of carbonyl (C=O) groups is 1. The van der Waals surface area contributed by atoms with E-state index in [9.17, 15) is 13.2 Å². The Morgan fingerprint density at radius 1 is 1.61 bits per heavy atom. The number of hydrogen-bond acceptors (Lipinski definition) is 5. The second kappa shape index (κ2) is 5.16. The fourth-order valence-corrected chi connectivity index (χ4v) is 2.82. The van der Waals surface area contributed by atoms with E-state index in [1.165, 1.54) is 14.0 Å². The molecule has 0 saturated carbocycles. The third-order valence-corrected chi connectivity index (χ3v) is 4.32. The molecule has 0 saturated heterocycles. The molecule has 0 bridgehead atoms. The van der Waals surface area contributed by atoms with Crippen molar-refractivity contribution in [1.29, 1.82) is 5.26 Å². The van der Waals surface area contributed by atoms with Crippen LogP contribution in [0.2, 0.25) is 0 Å². The molecule has 0 radical (unpaired) electrons. The molecule has 9 heteroatoms. The number of aromatic carboxylic acids is 1. The summed E-state index contributed by atoms with van der Waals surface area (Å²) in [6, 6.07) is 1.82. The summed E-state index contributed by atoms with van der Waals surface area (Å²) in [7, 11) is -2.68. The molecule has 0 aromatic carbocycles. The molecule has 1 aromatic heterocycles. The highest BCUT2D eigenvalue weighted by Crippen LogP contribution is 2.21. The van der Waals surface area contributed by atoms with Gasteiger partial charge in [0.15, 0.2) is 5.69 Å². The lowest BCUT2D eigenvalue weighted by Gasteiger charge is -2.15. The van der Waals surface area contributed by atoms with Gasteiger partial charge in [-0.25, -0.2) is 13.2 Å². The number of rotatable bonds is 5. The summed E-state index contributed by atoms with van der Waals surface area (Å²) in [6.07, 6.45) is 0.0229. The van der Waals surface area contributed by atoms with Crippen molar-refractivity contribution in [1.82, 2.24) is 14.5 Å². The van der Waals surface area contributed by atoms with E-state index in [0.717, 1.165) is 4.31 Å². The van der Waals surface area contributed by atoms with Crippen LogP contribution in [-0.2, 0) is 10.0 Å². The van der Waals surface area contributed by atoms with Crippen LogP contribution >= 0.6 is 0 Å². The predicted molar refractivity (Wildman–Crippen MR) is 60.3 cm³/mol. The van der Waals surface area contributed by atoms with E-state index in [4.69, 9.17) is 10.4 Å². The fraction of sp³-hybridized carbons (Fsp3) is 0.444. The van der Waals surface area contributed by atoms with Crippen molar-refractivity contribution in [2.45, 2.75) is 18.2 Å². The molecule has 2 N–H and O–H groups in total. The molecule has 0 aliphatic carbocycles. The van der Waals surface area contributed by atoms with Crippen molar-refractivity contribution < 1.29 is 18.3 Å². The summed E-state index contributed by atoms with van der Waals surface area (Å²) in [6.45, 7) is 1.41. The number of nitriles is 1. The van der Waals surface area contributed by atoms with Crippen LogP contribution < -0.4 is 0 Å². The zero-order valence-corrected chi connectivity index (χ0v) is 10.7. The Bertz CT molecular complexity index is 599. The van der Waals surface area contributed by atoms with Crippen molar-refractivity contribution in [3.63, 3.8) is 0 Å². The molecule has 0 aliphatic rings. The number of sulfonamides is 1. The smallest absolute Gasteiger partial charge is 0.357 e. The number of nitrogens with zero attached hydrogens (tertiary/aromatic N) is 3. The predicted octanol–water partition coefficient (Wildman–Crippen LogP) is -0.0495. The lowest BCUT2D eigenvalue weighted by molar-refractivity contribution is 0.0686. The van der Waals surface area contributed by atoms with Gasteiger partial charge < -0.3 is 5.11 Å². The Hall–Kier alpha value is -1.92. The van der Waals surface area contributed by atoms with Crippen LogP contribution in [0.15, 0.2) is 4.90 Å². The Labute approximate surface area is 104 Å². The number of aromatic nitrogens is 2. The molecular weight excluding hydrogens is 260 g/mol. The minimum Gasteiger partial charge on any atom is -0.476 e. The van der Waals surface area contributed by atoms with Crippen molar-refractivity contribution in [3.8, 4) is 6.07 Å². The van der Waals surface area contributed by atoms with Crippen LogP contribution in [0.3, 0.4) is 0 Å². The van der Waals surface area contributed by atoms with E-state index in [0.29, 0.717) is 0 Å². The van der Waals surface area contributed by atoms with Crippen molar-refractivity contribution in [3.05, 3.63) is 11.4 Å². The van der Waals surface area contributed by atoms with Gasteiger partial charge >= 0.3 is 5.97 Å². The molecule has 0 aliphatic heterocycles. The number of carboxylic acid groups (broad SMARTS) is 1. The molecule has 8 nitrogen and oxygen atoms in total. The monoisotopic (exact) mass is 272 g/mol. The van der Waals surface area contributed by atoms with E-state index < -0.39 is 21.7 Å². The first-order valence-corrected chi connectivity index (χ1v) is 6.38. The Morgan fingerprint density at radius 3 is 2.72 bits per heavy atom. The Morgan fingerprint density at radius 2 is 2.22 bits per heavy atom. The quantitative estimate of drug-likeness (QED) is 0.773. The van der Waals surface area contributed by atoms with Crippen LogP contribution in [0.25, 0.3) is 0 Å². The topological polar surface area (TPSA) is 127 Å². The van der Waals surface area contributed by atoms with Gasteiger partial charge in [-0.05, 0) is 6.92 Å². The van der Waals surface area contributed by atoms with Crippen molar-refractivity contribution in [2.24, 2.45) is 0 Å². The second-order valence-corrected chi connectivity index (χ2v) is 5.55. The number of carboxylic acids is 1. The standard InChI is InChI=1S/C9H12N4O4S/c1-6-8(7(9(14)15)12-11-6)18(16,17)13(2)5-3-4-10/h3,5H2,1-2H3,(H,11,12)(H,14,15). The van der Waals surface area contributed by atoms with Gasteiger partial charge in [0.2, 0.25) is 10.0 Å². The maximum Gasteiger partial charge on any atom is 0.357 e. The Kier molecular flexibility index (Phi) is 4.05. The summed E-state index contributed by atoms with van der Waals surface area (Å²) in [4.78, 5) is 10.5. The number of hydrogen-bond donors (Lipinski definition) is 2. The van der Waals surface area contributed by atoms with Gasteiger partial charge in [-0.1, -0.05) is 0 Å². The molecule has 1 aromatic rings. The first-order chi connectivity index (χ1) is 8.32. The second-order valence-electron chi connectivity index (χ2n) is 3.57. The average Bonchev–Trinajstić information content (AvgIpc) is 2.68. The van der Waals surface area contributed by atoms with Gasteiger partial charge in [-0.2, -0.15) is 14.7 Å². The van der Waals surface area contributed by atoms with E-state index in [-0.39, 0.29) is 23.6 Å². The largest absolute Gasteiger partial charge is 0.476 e. The van der Waals surface area contributed by atoms with Crippen LogP contribution in [0, 0.1) is 18.3 Å². The molecule has 0 amide bonds. The maximum absolute atomic E-state index is 12.1. The van der Waals surface area contributed by atoms with Crippen LogP contribution in [0.4, 0.5) is 0 Å². The van der Waals surface area contributed by atoms with Gasteiger partial charge in [0.1, 0.15) is 4.90 Å². The van der Waals surface area contributed by atoms with Gasteiger partial charge in [0.25, 0.3) is 0 Å². The van der Waals surface area contributed by atoms with Crippen LogP contribution in [-0.4, -0.2) is 47.6 Å². The highest BCUT2D eigenvalue weighted by Gasteiger charge is 2.31. The summed E-state index contributed by atoms with van der Waals surface area (Å²) in [5, 5.41) is 23.1. The van der Waals surface area contributed by atoms with Crippen molar-refractivity contribution >= 4 is 16.0 Å². The van der Waals surface area contributed by atoms with E-state index >= 15 is 0 Å². The molecule has 0 fully saturated rings. The van der Waals surface area contributed by atoms with Gasteiger partial charge in [0, 0.05) is 20.0 Å². The number of H-pyrrole nitrogens is 1. The first kappa shape index (κ1) is 14.1. The summed E-state index contributed by atoms with van der Waals surface area (Å²) < 4.78 is 25.2. The zero-order valence-electron chi connectivity index (χ0n) is 9.84. The number of aromatic amines is 1. The third kappa shape index (κ3) is 2.49. The summed E-state index contributed by atoms with van der Waals surface area (Å²) in [5.41, 5.74) is -0.396. The molecule has 98 valence electrons. The highest BCUT2D eigenvalue weighted by molar-refractivity contribution is 7.89. The normalized spacial score (nSPS) is 11.4. The van der Waals surface area contributed by atoms with Gasteiger partial charge in [-0.15, -0.1) is 0 Å². The highest BCUT2D eigenvalue weighted by atomic mass is 32.2. The fourth-order valence-electron chi connectivity index (χ4n) is 1.36. The molecular formula is C9H12N4O4S. The van der Waals surface area contributed by atoms with Crippen LogP contribution in [0.1, 0.15) is 22.6 Å². The number of nitrogens with one attached hydrogen (secondary N) is 1. The van der Waals surface area contributed by atoms with Crippen molar-refractivity contribution in [2.75, 3.05) is 13.6 Å². The van der Waals surface area contributed by atoms with Gasteiger partial charge in [-0.3, -0.25) is 5.10 Å². The molecule has 0 unspecified atom stereocenters. The molecule has 0 atom stereocenters. The number of aryl methyl sites for hydroxylation is 1. The van der Waals surface area contributed by atoms with Gasteiger partial charge in [0.05, 0.1) is 11.8 Å². The third-order valence-electron chi connectivity index (χ3n) is 2.30.